The van der Waals surface area contributed by atoms with E-state index in [1.165, 1.54) is 6.20 Å². The van der Waals surface area contributed by atoms with Crippen LogP contribution in [0.2, 0.25) is 5.02 Å². The third-order valence-corrected chi connectivity index (χ3v) is 1.88. The number of hydrogen-bond acceptors (Lipinski definition) is 1. The molecule has 2 nitrogen and oxygen atoms in total. The summed E-state index contributed by atoms with van der Waals surface area (Å²) in [5.41, 5.74) is 0.443. The van der Waals surface area contributed by atoms with E-state index in [1.807, 2.05) is 6.08 Å². The molecule has 0 bridgehead atoms. The van der Waals surface area contributed by atoms with E-state index in [2.05, 4.69) is 20.9 Å². The molecule has 1 rings (SSSR count). The maximum Gasteiger partial charge on any atom is 0.255 e. The van der Waals surface area contributed by atoms with E-state index >= 15 is 0 Å². The molecule has 0 aliphatic heterocycles. The number of allylic oxidation sites excluding steroid dienone is 1. The van der Waals surface area contributed by atoms with E-state index in [1.54, 1.807) is 12.1 Å². The number of hydrogen-bond donors (Lipinski definition) is 1. The number of aromatic amines is 1. The molecule has 64 valence electrons. The van der Waals surface area contributed by atoms with Gasteiger partial charge in [-0.3, -0.25) is 4.79 Å². The second-order valence-corrected chi connectivity index (χ2v) is 3.24. The molecule has 0 aliphatic carbocycles. The van der Waals surface area contributed by atoms with E-state index in [9.17, 15) is 4.79 Å². The zero-order valence-corrected chi connectivity index (χ0v) is 8.52. The van der Waals surface area contributed by atoms with Crippen molar-refractivity contribution in [1.29, 1.82) is 0 Å². The predicted molar refractivity (Wildman–Crippen MR) is 54.9 cm³/mol. The molecule has 0 atom stereocenters. The van der Waals surface area contributed by atoms with Crippen molar-refractivity contribution >= 4 is 33.6 Å². The van der Waals surface area contributed by atoms with E-state index < -0.39 is 0 Å². The predicted octanol–water partition coefficient (Wildman–Crippen LogP) is 2.44. The summed E-state index contributed by atoms with van der Waals surface area (Å²) in [7, 11) is 0. The Morgan fingerprint density at radius 1 is 1.67 bits per heavy atom. The van der Waals surface area contributed by atoms with Crippen LogP contribution in [-0.4, -0.2) is 10.3 Å². The monoisotopic (exact) mass is 247 g/mol. The van der Waals surface area contributed by atoms with Gasteiger partial charge in [-0.1, -0.05) is 39.7 Å². The molecule has 1 N–H and O–H groups in total. The number of halogens is 2. The fourth-order valence-corrected chi connectivity index (χ4v) is 1.13. The normalized spacial score (nSPS) is 10.8. The van der Waals surface area contributed by atoms with Gasteiger partial charge >= 0.3 is 0 Å². The lowest BCUT2D eigenvalue weighted by molar-refractivity contribution is 1.23. The van der Waals surface area contributed by atoms with Gasteiger partial charge in [-0.2, -0.15) is 0 Å². The topological polar surface area (TPSA) is 32.9 Å². The summed E-state index contributed by atoms with van der Waals surface area (Å²) >= 11 is 8.90. The molecular formula is C8H7BrClNO. The van der Waals surface area contributed by atoms with Gasteiger partial charge < -0.3 is 4.98 Å². The molecule has 1 heterocycles. The molecule has 1 aromatic rings. The number of pyridine rings is 1. The van der Waals surface area contributed by atoms with Gasteiger partial charge in [0, 0.05) is 17.1 Å². The first-order chi connectivity index (χ1) is 5.74. The molecule has 1 aromatic heterocycles. The standard InChI is InChI=1S/C8H7BrClNO/c9-3-1-2-6-4-7(10)5-11-8(6)12/h1-2,4-5H,3H2,(H,11,12). The Labute approximate surface area is 83.4 Å². The molecule has 0 saturated carbocycles. The zero-order chi connectivity index (χ0) is 8.97. The summed E-state index contributed by atoms with van der Waals surface area (Å²) in [4.78, 5) is 13.6. The van der Waals surface area contributed by atoms with Gasteiger partial charge in [0.05, 0.1) is 5.02 Å². The first-order valence-corrected chi connectivity index (χ1v) is 4.84. The van der Waals surface area contributed by atoms with Crippen molar-refractivity contribution in [2.75, 3.05) is 5.33 Å². The van der Waals surface area contributed by atoms with Gasteiger partial charge in [0.15, 0.2) is 0 Å². The van der Waals surface area contributed by atoms with Crippen molar-refractivity contribution in [3.05, 3.63) is 39.3 Å². The third-order valence-electron chi connectivity index (χ3n) is 1.28. The fourth-order valence-electron chi connectivity index (χ4n) is 0.769. The molecule has 4 heteroatoms. The summed E-state index contributed by atoms with van der Waals surface area (Å²) in [5, 5.41) is 1.25. The molecule has 0 aliphatic rings. The van der Waals surface area contributed by atoms with Crippen LogP contribution in [0.1, 0.15) is 5.56 Å². The highest BCUT2D eigenvalue weighted by Gasteiger charge is 1.94. The Hall–Kier alpha value is -0.540. The third kappa shape index (κ3) is 2.50. The minimum Gasteiger partial charge on any atom is -0.327 e. The first-order valence-electron chi connectivity index (χ1n) is 3.35. The van der Waals surface area contributed by atoms with E-state index in [0.29, 0.717) is 10.6 Å². The van der Waals surface area contributed by atoms with Crippen LogP contribution in [-0.2, 0) is 0 Å². The van der Waals surface area contributed by atoms with Crippen LogP contribution in [0, 0.1) is 0 Å². The Morgan fingerprint density at radius 3 is 3.08 bits per heavy atom. The van der Waals surface area contributed by atoms with Crippen LogP contribution < -0.4 is 5.56 Å². The van der Waals surface area contributed by atoms with Crippen LogP contribution in [0.3, 0.4) is 0 Å². The van der Waals surface area contributed by atoms with Crippen LogP contribution in [0.25, 0.3) is 6.08 Å². The van der Waals surface area contributed by atoms with Gasteiger partial charge in [0.2, 0.25) is 0 Å². The largest absolute Gasteiger partial charge is 0.327 e. The Balaban J connectivity index is 3.06. The summed E-state index contributed by atoms with van der Waals surface area (Å²) in [6.07, 6.45) is 5.02. The first kappa shape index (κ1) is 9.55. The Bertz CT molecular complexity index is 345. The lowest BCUT2D eigenvalue weighted by Gasteiger charge is -1.92. The molecule has 0 fully saturated rings. The van der Waals surface area contributed by atoms with Gasteiger partial charge in [-0.25, -0.2) is 0 Å². The zero-order valence-electron chi connectivity index (χ0n) is 6.18. The van der Waals surface area contributed by atoms with E-state index in [0.717, 1.165) is 5.33 Å². The van der Waals surface area contributed by atoms with Gasteiger partial charge in [0.25, 0.3) is 5.56 Å². The second-order valence-electron chi connectivity index (χ2n) is 2.16. The summed E-state index contributed by atoms with van der Waals surface area (Å²) in [6, 6.07) is 1.62. The van der Waals surface area contributed by atoms with Crippen LogP contribution in [0.5, 0.6) is 0 Å². The van der Waals surface area contributed by atoms with Crippen molar-refractivity contribution < 1.29 is 0 Å². The molecule has 0 unspecified atom stereocenters. The van der Waals surface area contributed by atoms with Crippen LogP contribution >= 0.6 is 27.5 Å². The summed E-state index contributed by atoms with van der Waals surface area (Å²) in [5.74, 6) is 0. The van der Waals surface area contributed by atoms with Crippen LogP contribution in [0.15, 0.2) is 23.1 Å². The lowest BCUT2D eigenvalue weighted by Crippen LogP contribution is -2.07. The van der Waals surface area contributed by atoms with E-state index in [-0.39, 0.29) is 5.56 Å². The van der Waals surface area contributed by atoms with Crippen molar-refractivity contribution in [3.63, 3.8) is 0 Å². The molecular weight excluding hydrogens is 241 g/mol. The SMILES string of the molecule is O=c1[nH]cc(Cl)cc1C=CCBr. The maximum atomic E-state index is 11.1. The molecule has 0 amide bonds. The fraction of sp³-hybridized carbons (Fsp3) is 0.125. The van der Waals surface area contributed by atoms with Crippen molar-refractivity contribution in [2.45, 2.75) is 0 Å². The van der Waals surface area contributed by atoms with E-state index in [4.69, 9.17) is 11.6 Å². The highest BCUT2D eigenvalue weighted by atomic mass is 79.9. The molecule has 0 spiro atoms. The Kier molecular flexibility index (Phi) is 3.56. The maximum absolute atomic E-state index is 11.1. The minimum atomic E-state index is -0.128. The number of alkyl halides is 1. The second kappa shape index (κ2) is 4.48. The molecule has 0 saturated heterocycles. The number of aromatic nitrogens is 1. The summed E-state index contributed by atoms with van der Waals surface area (Å²) < 4.78 is 0. The Morgan fingerprint density at radius 2 is 2.42 bits per heavy atom. The number of nitrogens with one attached hydrogen (secondary N) is 1. The average molecular weight is 249 g/mol. The lowest BCUT2D eigenvalue weighted by atomic mass is 10.2. The van der Waals surface area contributed by atoms with Crippen LogP contribution in [0.4, 0.5) is 0 Å². The smallest absolute Gasteiger partial charge is 0.255 e. The van der Waals surface area contributed by atoms with Crippen molar-refractivity contribution in [1.82, 2.24) is 4.98 Å². The number of rotatable bonds is 2. The highest BCUT2D eigenvalue weighted by Crippen LogP contribution is 2.06. The van der Waals surface area contributed by atoms with Crippen molar-refractivity contribution in [3.8, 4) is 0 Å². The molecule has 12 heavy (non-hydrogen) atoms. The average Bonchev–Trinajstić information content (AvgIpc) is 2.07. The molecule has 0 radical (unpaired) electrons. The summed E-state index contributed by atoms with van der Waals surface area (Å²) in [6.45, 7) is 0. The van der Waals surface area contributed by atoms with Gasteiger partial charge in [-0.05, 0) is 6.07 Å². The quantitative estimate of drug-likeness (QED) is 0.801. The minimum absolute atomic E-state index is 0.128. The highest BCUT2D eigenvalue weighted by molar-refractivity contribution is 9.09. The van der Waals surface area contributed by atoms with Crippen molar-refractivity contribution in [2.24, 2.45) is 0 Å². The molecule has 0 aromatic carbocycles. The number of H-pyrrole nitrogens is 1. The van der Waals surface area contributed by atoms with Gasteiger partial charge in [-0.15, -0.1) is 0 Å². The van der Waals surface area contributed by atoms with Gasteiger partial charge in [0.1, 0.15) is 0 Å².